The van der Waals surface area contributed by atoms with Gasteiger partial charge in [0.05, 0.1) is 22.0 Å². The lowest BCUT2D eigenvalue weighted by Crippen LogP contribution is -2.21. The number of nitrogens with zero attached hydrogens (tertiary/aromatic N) is 2. The van der Waals surface area contributed by atoms with Crippen LogP contribution in [0.2, 0.25) is 5.02 Å². The fourth-order valence-electron chi connectivity index (χ4n) is 2.02. The number of aromatic nitrogens is 1. The Hall–Kier alpha value is -2.62. The van der Waals surface area contributed by atoms with Crippen molar-refractivity contribution in [2.75, 3.05) is 0 Å². The van der Waals surface area contributed by atoms with Gasteiger partial charge in [0.1, 0.15) is 11.5 Å². The lowest BCUT2D eigenvalue weighted by Gasteiger charge is -2.09. The summed E-state index contributed by atoms with van der Waals surface area (Å²) >= 11 is 5.57. The average Bonchev–Trinajstić information content (AvgIpc) is 2.56. The van der Waals surface area contributed by atoms with E-state index in [-0.39, 0.29) is 22.1 Å². The highest BCUT2D eigenvalue weighted by molar-refractivity contribution is 6.30. The van der Waals surface area contributed by atoms with Gasteiger partial charge in [0.2, 0.25) is 0 Å². The Balaban J connectivity index is 2.44. The number of rotatable bonds is 4. The van der Waals surface area contributed by atoms with Crippen molar-refractivity contribution in [2.45, 2.75) is 18.8 Å². The monoisotopic (exact) mass is 425 g/mol. The van der Waals surface area contributed by atoms with Gasteiger partial charge in [-0.3, -0.25) is 9.98 Å². The summed E-state index contributed by atoms with van der Waals surface area (Å²) in [5.41, 5.74) is 1.81. The molecule has 2 rings (SSSR count). The standard InChI is InChI=1S/C17H11ClF7N3/c18-10-5-13(19)14(27-8-10)6-12(7-15(26)17(23,24)25)28-11-3-1-9(2-4-11)16(20,21)22/h1-5,7-8H,6,26H2/b15-7-,28-12?. The normalized spacial score (nSPS) is 13.7. The first-order valence-electron chi connectivity index (χ1n) is 7.45. The zero-order valence-corrected chi connectivity index (χ0v) is 14.5. The second-order valence-corrected chi connectivity index (χ2v) is 5.94. The number of pyridine rings is 1. The van der Waals surface area contributed by atoms with E-state index in [0.29, 0.717) is 18.2 Å². The molecule has 0 fully saturated rings. The molecule has 0 atom stereocenters. The fraction of sp³-hybridized carbons (Fsp3) is 0.176. The summed E-state index contributed by atoms with van der Waals surface area (Å²) in [5, 5.41) is -0.0205. The van der Waals surface area contributed by atoms with E-state index in [1.165, 1.54) is 0 Å². The molecule has 28 heavy (non-hydrogen) atoms. The van der Waals surface area contributed by atoms with Crippen molar-refractivity contribution in [3.63, 3.8) is 0 Å². The molecule has 150 valence electrons. The lowest BCUT2D eigenvalue weighted by molar-refractivity contribution is -0.137. The van der Waals surface area contributed by atoms with Crippen molar-refractivity contribution in [3.8, 4) is 0 Å². The molecule has 1 aromatic heterocycles. The maximum atomic E-state index is 13.9. The average molecular weight is 426 g/mol. The minimum Gasteiger partial charge on any atom is -0.395 e. The van der Waals surface area contributed by atoms with E-state index >= 15 is 0 Å². The first-order chi connectivity index (χ1) is 12.9. The number of benzene rings is 1. The quantitative estimate of drug-likeness (QED) is 0.511. The number of hydrogen-bond donors (Lipinski definition) is 1. The van der Waals surface area contributed by atoms with Gasteiger partial charge in [-0.1, -0.05) is 11.6 Å². The van der Waals surface area contributed by atoms with Gasteiger partial charge < -0.3 is 5.73 Å². The van der Waals surface area contributed by atoms with E-state index in [9.17, 15) is 30.7 Å². The Bertz CT molecular complexity index is 900. The molecule has 0 aliphatic rings. The fourth-order valence-corrected chi connectivity index (χ4v) is 2.16. The molecule has 0 aliphatic heterocycles. The van der Waals surface area contributed by atoms with Gasteiger partial charge in [0, 0.05) is 18.3 Å². The third-order valence-corrected chi connectivity index (χ3v) is 3.56. The maximum absolute atomic E-state index is 13.9. The highest BCUT2D eigenvalue weighted by Crippen LogP contribution is 2.30. The van der Waals surface area contributed by atoms with E-state index in [2.05, 4.69) is 9.98 Å². The Morgan fingerprint density at radius 2 is 1.71 bits per heavy atom. The molecule has 0 spiro atoms. The zero-order chi connectivity index (χ0) is 21.1. The molecule has 0 saturated heterocycles. The molecule has 0 amide bonds. The van der Waals surface area contributed by atoms with Crippen molar-refractivity contribution in [2.24, 2.45) is 10.7 Å². The molecule has 0 bridgehead atoms. The van der Waals surface area contributed by atoms with Crippen LogP contribution in [0.25, 0.3) is 0 Å². The molecular weight excluding hydrogens is 415 g/mol. The summed E-state index contributed by atoms with van der Waals surface area (Å²) in [6, 6.07) is 4.28. The van der Waals surface area contributed by atoms with Crippen LogP contribution in [0.5, 0.6) is 0 Å². The molecule has 0 radical (unpaired) electrons. The lowest BCUT2D eigenvalue weighted by atomic mass is 10.1. The summed E-state index contributed by atoms with van der Waals surface area (Å²) < 4.78 is 89.9. The molecular formula is C17H11ClF7N3. The smallest absolute Gasteiger partial charge is 0.395 e. The van der Waals surface area contributed by atoms with Gasteiger partial charge in [0.25, 0.3) is 0 Å². The van der Waals surface area contributed by atoms with Gasteiger partial charge in [-0.05, 0) is 36.4 Å². The van der Waals surface area contributed by atoms with Gasteiger partial charge >= 0.3 is 12.4 Å². The molecule has 0 aliphatic carbocycles. The molecule has 2 N–H and O–H groups in total. The molecule has 1 heterocycles. The Morgan fingerprint density at radius 1 is 1.11 bits per heavy atom. The highest BCUT2D eigenvalue weighted by atomic mass is 35.5. The van der Waals surface area contributed by atoms with Crippen LogP contribution in [0.4, 0.5) is 36.4 Å². The minimum absolute atomic E-state index is 0.0205. The summed E-state index contributed by atoms with van der Waals surface area (Å²) in [7, 11) is 0. The Morgan fingerprint density at radius 3 is 2.21 bits per heavy atom. The Labute approximate surface area is 159 Å². The van der Waals surface area contributed by atoms with Gasteiger partial charge in [0.15, 0.2) is 0 Å². The molecule has 0 unspecified atom stereocenters. The predicted molar refractivity (Wildman–Crippen MR) is 89.8 cm³/mol. The first-order valence-corrected chi connectivity index (χ1v) is 7.83. The Kier molecular flexibility index (Phi) is 6.33. The minimum atomic E-state index is -4.87. The second kappa shape index (κ2) is 8.17. The number of aliphatic imine (C=N–C) groups is 1. The summed E-state index contributed by atoms with van der Waals surface area (Å²) in [5.74, 6) is -0.883. The van der Waals surface area contributed by atoms with E-state index < -0.39 is 35.9 Å². The van der Waals surface area contributed by atoms with Crippen LogP contribution in [-0.2, 0) is 12.6 Å². The molecule has 2 aromatic rings. The molecule has 1 aromatic carbocycles. The third kappa shape index (κ3) is 5.95. The van der Waals surface area contributed by atoms with Crippen LogP contribution < -0.4 is 5.73 Å². The van der Waals surface area contributed by atoms with Gasteiger partial charge in [-0.25, -0.2) is 4.39 Å². The number of alkyl halides is 6. The topological polar surface area (TPSA) is 51.3 Å². The molecule has 11 heteroatoms. The first kappa shape index (κ1) is 21.7. The van der Waals surface area contributed by atoms with E-state index in [1.807, 2.05) is 0 Å². The van der Waals surface area contributed by atoms with E-state index in [4.69, 9.17) is 17.3 Å². The van der Waals surface area contributed by atoms with E-state index in [0.717, 1.165) is 24.4 Å². The van der Waals surface area contributed by atoms with Crippen molar-refractivity contribution in [1.29, 1.82) is 0 Å². The van der Waals surface area contributed by atoms with Crippen molar-refractivity contribution >= 4 is 23.0 Å². The molecule has 0 saturated carbocycles. The van der Waals surface area contributed by atoms with Crippen LogP contribution in [0.1, 0.15) is 11.3 Å². The second-order valence-electron chi connectivity index (χ2n) is 5.50. The number of nitrogens with two attached hydrogens (primary N) is 1. The largest absolute Gasteiger partial charge is 0.430 e. The van der Waals surface area contributed by atoms with Crippen LogP contribution in [0.3, 0.4) is 0 Å². The summed E-state index contributed by atoms with van der Waals surface area (Å²) in [6.07, 6.45) is -8.39. The van der Waals surface area contributed by atoms with Crippen LogP contribution >= 0.6 is 11.6 Å². The number of hydrogen-bond acceptors (Lipinski definition) is 3. The predicted octanol–water partition coefficient (Wildman–Crippen LogP) is 5.61. The van der Waals surface area contributed by atoms with Crippen LogP contribution in [0.15, 0.2) is 53.3 Å². The van der Waals surface area contributed by atoms with Gasteiger partial charge in [-0.15, -0.1) is 0 Å². The zero-order valence-electron chi connectivity index (χ0n) is 13.7. The number of halogens is 8. The van der Waals surface area contributed by atoms with Crippen molar-refractivity contribution in [1.82, 2.24) is 4.98 Å². The SMILES string of the molecule is N/C(=C\C(Cc1ncc(Cl)cc1F)=Nc1ccc(C(F)(F)F)cc1)C(F)(F)F. The number of allylic oxidation sites excluding steroid dienone is 2. The van der Waals surface area contributed by atoms with Crippen molar-refractivity contribution in [3.05, 3.63) is 70.4 Å². The highest BCUT2D eigenvalue weighted by Gasteiger charge is 2.32. The van der Waals surface area contributed by atoms with Crippen molar-refractivity contribution < 1.29 is 30.7 Å². The van der Waals surface area contributed by atoms with Crippen LogP contribution in [0, 0.1) is 5.82 Å². The van der Waals surface area contributed by atoms with E-state index in [1.54, 1.807) is 0 Å². The maximum Gasteiger partial charge on any atom is 0.430 e. The third-order valence-electron chi connectivity index (χ3n) is 3.35. The molecule has 3 nitrogen and oxygen atoms in total. The van der Waals surface area contributed by atoms with Gasteiger partial charge in [-0.2, -0.15) is 26.3 Å². The summed E-state index contributed by atoms with van der Waals surface area (Å²) in [4.78, 5) is 7.53. The van der Waals surface area contributed by atoms with Crippen LogP contribution in [-0.4, -0.2) is 16.9 Å². The summed E-state index contributed by atoms with van der Waals surface area (Å²) in [6.45, 7) is 0.